The minimum absolute atomic E-state index is 0.357. The molecule has 1 atom stereocenters. The van der Waals surface area contributed by atoms with Crippen LogP contribution in [0, 0.1) is 6.92 Å². The zero-order valence-electron chi connectivity index (χ0n) is 11.3. The lowest BCUT2D eigenvalue weighted by molar-refractivity contribution is 0.0957. The molecule has 0 spiro atoms. The first-order chi connectivity index (χ1) is 8.81. The zero-order chi connectivity index (χ0) is 12.8. The topological polar surface area (TPSA) is 48.3 Å². The molecule has 1 aromatic heterocycles. The number of hydrogen-bond donors (Lipinski definition) is 1. The Labute approximate surface area is 108 Å². The van der Waals surface area contributed by atoms with Crippen LogP contribution < -0.4 is 5.32 Å². The molecule has 1 N–H and O–H groups in total. The normalized spacial score (nSPS) is 19.6. The minimum Gasteiger partial charge on any atom is -0.383 e. The SMILES string of the molecule is COCCNCc1cnc(C)n1CC1CCCO1. The molecule has 5 heteroatoms. The summed E-state index contributed by atoms with van der Waals surface area (Å²) in [6, 6.07) is 0. The maximum absolute atomic E-state index is 5.69. The molecular weight excluding hydrogens is 230 g/mol. The molecule has 1 aliphatic rings. The lowest BCUT2D eigenvalue weighted by atomic mass is 10.2. The van der Waals surface area contributed by atoms with Crippen LogP contribution in [-0.4, -0.2) is 42.5 Å². The van der Waals surface area contributed by atoms with Gasteiger partial charge in [0.1, 0.15) is 5.82 Å². The van der Waals surface area contributed by atoms with Gasteiger partial charge in [-0.2, -0.15) is 0 Å². The highest BCUT2D eigenvalue weighted by atomic mass is 16.5. The summed E-state index contributed by atoms with van der Waals surface area (Å²) in [6.45, 7) is 6.30. The predicted molar refractivity (Wildman–Crippen MR) is 69.5 cm³/mol. The van der Waals surface area contributed by atoms with Gasteiger partial charge in [-0.05, 0) is 19.8 Å². The molecular formula is C13H23N3O2. The number of methoxy groups -OCH3 is 1. The zero-order valence-corrected chi connectivity index (χ0v) is 11.3. The molecule has 1 aromatic rings. The van der Waals surface area contributed by atoms with E-state index in [0.717, 1.165) is 45.1 Å². The monoisotopic (exact) mass is 253 g/mol. The van der Waals surface area contributed by atoms with E-state index in [9.17, 15) is 0 Å². The van der Waals surface area contributed by atoms with Gasteiger partial charge in [0.2, 0.25) is 0 Å². The third kappa shape index (κ3) is 3.54. The smallest absolute Gasteiger partial charge is 0.105 e. The molecule has 0 amide bonds. The van der Waals surface area contributed by atoms with Crippen molar-refractivity contribution in [1.29, 1.82) is 0 Å². The summed E-state index contributed by atoms with van der Waals surface area (Å²) in [5.74, 6) is 1.06. The number of ether oxygens (including phenoxy) is 2. The molecule has 2 heterocycles. The second-order valence-corrected chi connectivity index (χ2v) is 4.71. The van der Waals surface area contributed by atoms with Crippen molar-refractivity contribution >= 4 is 0 Å². The van der Waals surface area contributed by atoms with Gasteiger partial charge < -0.3 is 19.4 Å². The van der Waals surface area contributed by atoms with Crippen LogP contribution >= 0.6 is 0 Å². The molecule has 1 aliphatic heterocycles. The molecule has 1 saturated heterocycles. The van der Waals surface area contributed by atoms with E-state index >= 15 is 0 Å². The highest BCUT2D eigenvalue weighted by molar-refractivity contribution is 5.04. The lowest BCUT2D eigenvalue weighted by Crippen LogP contribution is -2.23. The molecule has 1 fully saturated rings. The number of aromatic nitrogens is 2. The molecule has 0 saturated carbocycles. The maximum atomic E-state index is 5.69. The van der Waals surface area contributed by atoms with Gasteiger partial charge in [-0.25, -0.2) is 4.98 Å². The highest BCUT2D eigenvalue weighted by Crippen LogP contribution is 2.16. The summed E-state index contributed by atoms with van der Waals surface area (Å²) in [7, 11) is 1.72. The number of imidazole rings is 1. The molecule has 0 radical (unpaired) electrons. The van der Waals surface area contributed by atoms with Crippen molar-refractivity contribution < 1.29 is 9.47 Å². The molecule has 5 nitrogen and oxygen atoms in total. The van der Waals surface area contributed by atoms with E-state index in [1.54, 1.807) is 7.11 Å². The van der Waals surface area contributed by atoms with E-state index in [2.05, 4.69) is 14.9 Å². The Kier molecular flexibility index (Phi) is 5.16. The van der Waals surface area contributed by atoms with Crippen LogP contribution in [0.25, 0.3) is 0 Å². The van der Waals surface area contributed by atoms with Gasteiger partial charge in [0, 0.05) is 33.0 Å². The first kappa shape index (κ1) is 13.5. The van der Waals surface area contributed by atoms with Crippen molar-refractivity contribution in [3.05, 3.63) is 17.7 Å². The van der Waals surface area contributed by atoms with Crippen LogP contribution in [0.1, 0.15) is 24.4 Å². The Bertz CT molecular complexity index is 359. The molecule has 2 rings (SSSR count). The molecule has 0 aliphatic carbocycles. The average Bonchev–Trinajstić information content (AvgIpc) is 2.99. The predicted octanol–water partition coefficient (Wildman–Crippen LogP) is 1.11. The standard InChI is InChI=1S/C13H23N3O2/c1-11-15-9-12(8-14-5-7-17-2)16(11)10-13-4-3-6-18-13/h9,13-14H,3-8,10H2,1-2H3. The molecule has 0 bridgehead atoms. The van der Waals surface area contributed by atoms with Crippen molar-refractivity contribution in [1.82, 2.24) is 14.9 Å². The summed E-state index contributed by atoms with van der Waals surface area (Å²) >= 11 is 0. The highest BCUT2D eigenvalue weighted by Gasteiger charge is 2.18. The van der Waals surface area contributed by atoms with Crippen LogP contribution in [0.2, 0.25) is 0 Å². The van der Waals surface area contributed by atoms with Crippen LogP contribution in [0.3, 0.4) is 0 Å². The van der Waals surface area contributed by atoms with E-state index in [1.165, 1.54) is 12.1 Å². The number of nitrogens with one attached hydrogen (secondary N) is 1. The lowest BCUT2D eigenvalue weighted by Gasteiger charge is -2.15. The molecule has 18 heavy (non-hydrogen) atoms. The summed E-state index contributed by atoms with van der Waals surface area (Å²) in [5.41, 5.74) is 1.22. The van der Waals surface area contributed by atoms with Gasteiger partial charge in [0.05, 0.1) is 24.9 Å². The fourth-order valence-corrected chi connectivity index (χ4v) is 2.29. The van der Waals surface area contributed by atoms with E-state index < -0.39 is 0 Å². The summed E-state index contributed by atoms with van der Waals surface area (Å²) in [6.07, 6.45) is 4.65. The van der Waals surface area contributed by atoms with Crippen LogP contribution in [0.4, 0.5) is 0 Å². The van der Waals surface area contributed by atoms with E-state index in [4.69, 9.17) is 9.47 Å². The Morgan fingerprint density at radius 3 is 3.22 bits per heavy atom. The molecule has 1 unspecified atom stereocenters. The first-order valence-electron chi connectivity index (χ1n) is 6.63. The third-order valence-electron chi connectivity index (χ3n) is 3.34. The fraction of sp³-hybridized carbons (Fsp3) is 0.769. The van der Waals surface area contributed by atoms with Crippen LogP contribution in [0.15, 0.2) is 6.20 Å². The van der Waals surface area contributed by atoms with Crippen molar-refractivity contribution in [2.45, 2.75) is 39.0 Å². The third-order valence-corrected chi connectivity index (χ3v) is 3.34. The summed E-state index contributed by atoms with van der Waals surface area (Å²) in [4.78, 5) is 4.39. The number of rotatable bonds is 7. The van der Waals surface area contributed by atoms with E-state index in [1.807, 2.05) is 13.1 Å². The van der Waals surface area contributed by atoms with Gasteiger partial charge >= 0.3 is 0 Å². The number of hydrogen-bond acceptors (Lipinski definition) is 4. The van der Waals surface area contributed by atoms with Gasteiger partial charge in [-0.3, -0.25) is 0 Å². The number of nitrogens with zero attached hydrogens (tertiary/aromatic N) is 2. The van der Waals surface area contributed by atoms with Crippen molar-refractivity contribution in [2.24, 2.45) is 0 Å². The number of aryl methyl sites for hydroxylation is 1. The van der Waals surface area contributed by atoms with Crippen molar-refractivity contribution in [2.75, 3.05) is 26.9 Å². The van der Waals surface area contributed by atoms with Crippen molar-refractivity contribution in [3.8, 4) is 0 Å². The first-order valence-corrected chi connectivity index (χ1v) is 6.63. The summed E-state index contributed by atoms with van der Waals surface area (Å²) in [5, 5.41) is 3.35. The largest absolute Gasteiger partial charge is 0.383 e. The Balaban J connectivity index is 1.89. The quantitative estimate of drug-likeness (QED) is 0.739. The van der Waals surface area contributed by atoms with Gasteiger partial charge in [-0.15, -0.1) is 0 Å². The second-order valence-electron chi connectivity index (χ2n) is 4.71. The Morgan fingerprint density at radius 2 is 2.50 bits per heavy atom. The van der Waals surface area contributed by atoms with Crippen LogP contribution in [-0.2, 0) is 22.6 Å². The molecule has 102 valence electrons. The maximum Gasteiger partial charge on any atom is 0.105 e. The summed E-state index contributed by atoms with van der Waals surface area (Å²) < 4.78 is 13.0. The Hall–Kier alpha value is -0.910. The Morgan fingerprint density at radius 1 is 1.61 bits per heavy atom. The second kappa shape index (κ2) is 6.87. The van der Waals surface area contributed by atoms with Crippen molar-refractivity contribution in [3.63, 3.8) is 0 Å². The average molecular weight is 253 g/mol. The van der Waals surface area contributed by atoms with Crippen LogP contribution in [0.5, 0.6) is 0 Å². The minimum atomic E-state index is 0.357. The molecule has 0 aromatic carbocycles. The van der Waals surface area contributed by atoms with Gasteiger partial charge in [0.25, 0.3) is 0 Å². The van der Waals surface area contributed by atoms with Gasteiger partial charge in [0.15, 0.2) is 0 Å². The van der Waals surface area contributed by atoms with Gasteiger partial charge in [-0.1, -0.05) is 0 Å². The fourth-order valence-electron chi connectivity index (χ4n) is 2.29. The van der Waals surface area contributed by atoms with E-state index in [0.29, 0.717) is 6.10 Å². The van der Waals surface area contributed by atoms with E-state index in [-0.39, 0.29) is 0 Å².